The van der Waals surface area contributed by atoms with Gasteiger partial charge in [0.1, 0.15) is 18.0 Å². The highest BCUT2D eigenvalue weighted by atomic mass is 35.5. The Morgan fingerprint density at radius 1 is 1.41 bits per heavy atom. The quantitative estimate of drug-likeness (QED) is 0.493. The van der Waals surface area contributed by atoms with Crippen molar-refractivity contribution in [1.82, 2.24) is 15.2 Å². The minimum Gasteiger partial charge on any atom is -0.466 e. The van der Waals surface area contributed by atoms with E-state index in [2.05, 4.69) is 10.3 Å². The number of esters is 1. The number of morpholine rings is 1. The van der Waals surface area contributed by atoms with E-state index in [1.165, 1.54) is 30.6 Å². The molecule has 2 N–H and O–H groups in total. The second kappa shape index (κ2) is 11.5. The SMILES string of the molecule is COC(=O)C1=C(CN2CCO[C@H](C(C)C)[C@@H]2OC(=O)O)NC(c2nccs2)=N[C@H]1c1ccc(F)cc1Cl. The number of benzene rings is 1. The summed E-state index contributed by atoms with van der Waals surface area (Å²) in [5, 5.41) is 15.0. The van der Waals surface area contributed by atoms with E-state index in [4.69, 9.17) is 30.8 Å². The summed E-state index contributed by atoms with van der Waals surface area (Å²) in [6.07, 6.45) is -1.26. The van der Waals surface area contributed by atoms with Crippen LogP contribution in [-0.4, -0.2) is 72.1 Å². The molecule has 0 unspecified atom stereocenters. The number of carboxylic acid groups (broad SMARTS) is 1. The van der Waals surface area contributed by atoms with Gasteiger partial charge in [-0.2, -0.15) is 0 Å². The third kappa shape index (κ3) is 5.93. The molecule has 3 atom stereocenters. The molecule has 1 aromatic carbocycles. The Labute approximate surface area is 221 Å². The predicted octanol–water partition coefficient (Wildman–Crippen LogP) is 3.83. The van der Waals surface area contributed by atoms with Crippen LogP contribution in [0.15, 0.2) is 46.0 Å². The third-order valence-electron chi connectivity index (χ3n) is 5.99. The molecular weight excluding hydrogens is 527 g/mol. The highest BCUT2D eigenvalue weighted by Crippen LogP contribution is 2.37. The van der Waals surface area contributed by atoms with E-state index in [0.717, 1.165) is 6.07 Å². The number of thiazole rings is 1. The first-order valence-corrected chi connectivity index (χ1v) is 12.7. The van der Waals surface area contributed by atoms with Crippen molar-refractivity contribution in [3.63, 3.8) is 0 Å². The summed E-state index contributed by atoms with van der Waals surface area (Å²) in [4.78, 5) is 35.5. The molecule has 3 heterocycles. The van der Waals surface area contributed by atoms with E-state index >= 15 is 0 Å². The number of rotatable bonds is 7. The Balaban J connectivity index is 1.81. The number of nitrogens with zero attached hydrogens (tertiary/aromatic N) is 3. The number of hydrogen-bond acceptors (Lipinski definition) is 10. The van der Waals surface area contributed by atoms with Gasteiger partial charge >= 0.3 is 12.1 Å². The van der Waals surface area contributed by atoms with Gasteiger partial charge in [0.15, 0.2) is 17.1 Å². The van der Waals surface area contributed by atoms with Gasteiger partial charge in [0, 0.05) is 40.9 Å². The van der Waals surface area contributed by atoms with Crippen molar-refractivity contribution in [3.8, 4) is 0 Å². The first kappa shape index (κ1) is 27.0. The summed E-state index contributed by atoms with van der Waals surface area (Å²) in [6, 6.07) is 2.92. The van der Waals surface area contributed by atoms with Crippen molar-refractivity contribution in [2.75, 3.05) is 26.8 Å². The molecular formula is C24H26ClFN4O6S. The lowest BCUT2D eigenvalue weighted by Gasteiger charge is -2.42. The maximum Gasteiger partial charge on any atom is 0.507 e. The van der Waals surface area contributed by atoms with E-state index in [0.29, 0.717) is 35.3 Å². The van der Waals surface area contributed by atoms with Crippen LogP contribution in [0.1, 0.15) is 30.5 Å². The predicted molar refractivity (Wildman–Crippen MR) is 134 cm³/mol. The highest BCUT2D eigenvalue weighted by molar-refractivity contribution is 7.11. The van der Waals surface area contributed by atoms with Gasteiger partial charge in [0.05, 0.1) is 19.3 Å². The first-order chi connectivity index (χ1) is 17.7. The van der Waals surface area contributed by atoms with Crippen LogP contribution in [0.2, 0.25) is 5.02 Å². The van der Waals surface area contributed by atoms with Gasteiger partial charge in [-0.25, -0.2) is 19.0 Å². The lowest BCUT2D eigenvalue weighted by atomic mass is 9.94. The fourth-order valence-electron chi connectivity index (χ4n) is 4.33. The highest BCUT2D eigenvalue weighted by Gasteiger charge is 2.40. The molecule has 1 saturated heterocycles. The summed E-state index contributed by atoms with van der Waals surface area (Å²) < 4.78 is 30.0. The summed E-state index contributed by atoms with van der Waals surface area (Å²) in [5.74, 6) is -0.859. The zero-order chi connectivity index (χ0) is 26.7. The van der Waals surface area contributed by atoms with Crippen LogP contribution in [0.3, 0.4) is 0 Å². The van der Waals surface area contributed by atoms with Gasteiger partial charge in [0.25, 0.3) is 0 Å². The minimum atomic E-state index is -1.44. The lowest BCUT2D eigenvalue weighted by Crippen LogP contribution is -2.56. The molecule has 2 aromatic rings. The second-order valence-corrected chi connectivity index (χ2v) is 10.0. The number of aromatic nitrogens is 1. The molecule has 0 bridgehead atoms. The van der Waals surface area contributed by atoms with Crippen molar-refractivity contribution in [3.05, 3.63) is 62.5 Å². The average molecular weight is 553 g/mol. The number of amidine groups is 1. The standard InChI is InChI=1S/C24H26ClFN4O6S/c1-12(2)19-22(36-24(32)33)30(7-8-35-19)11-16-17(23(31)34-3)18(14-5-4-13(26)10-15(14)25)29-20(28-16)21-27-6-9-37-21/h4-6,9-10,12,18-19,22H,7-8,11H2,1-3H3,(H,28,29)(H,32,33)/t18-,19+,22-/m0/s1. The molecule has 10 nitrogen and oxygen atoms in total. The normalized spacial score (nSPS) is 22.4. The average Bonchev–Trinajstić information content (AvgIpc) is 3.39. The fourth-order valence-corrected chi connectivity index (χ4v) is 5.19. The van der Waals surface area contributed by atoms with Crippen molar-refractivity contribution in [2.24, 2.45) is 10.9 Å². The van der Waals surface area contributed by atoms with Crippen LogP contribution in [0.5, 0.6) is 0 Å². The molecule has 2 aliphatic rings. The van der Waals surface area contributed by atoms with Crippen LogP contribution in [0, 0.1) is 11.7 Å². The Morgan fingerprint density at radius 3 is 2.81 bits per heavy atom. The van der Waals surface area contributed by atoms with Gasteiger partial charge < -0.3 is 24.6 Å². The fraction of sp³-hybridized carbons (Fsp3) is 0.417. The number of ether oxygens (including phenoxy) is 3. The van der Waals surface area contributed by atoms with Crippen molar-refractivity contribution >= 4 is 40.9 Å². The lowest BCUT2D eigenvalue weighted by molar-refractivity contribution is -0.175. The summed E-state index contributed by atoms with van der Waals surface area (Å²) in [6.45, 7) is 4.57. The molecule has 1 fully saturated rings. The van der Waals surface area contributed by atoms with Crippen molar-refractivity contribution < 1.29 is 33.3 Å². The number of carbonyl (C=O) groups excluding carboxylic acids is 1. The zero-order valence-electron chi connectivity index (χ0n) is 20.3. The molecule has 0 amide bonds. The number of methoxy groups -OCH3 is 1. The molecule has 0 aliphatic carbocycles. The van der Waals surface area contributed by atoms with Crippen LogP contribution < -0.4 is 5.32 Å². The van der Waals surface area contributed by atoms with Crippen molar-refractivity contribution in [1.29, 1.82) is 0 Å². The largest absolute Gasteiger partial charge is 0.507 e. The molecule has 13 heteroatoms. The molecule has 0 radical (unpaired) electrons. The zero-order valence-corrected chi connectivity index (χ0v) is 21.9. The van der Waals surface area contributed by atoms with Gasteiger partial charge in [0.2, 0.25) is 0 Å². The summed E-state index contributed by atoms with van der Waals surface area (Å²) >= 11 is 7.73. The Morgan fingerprint density at radius 2 is 2.19 bits per heavy atom. The van der Waals surface area contributed by atoms with Gasteiger partial charge in [-0.3, -0.25) is 9.89 Å². The monoisotopic (exact) mass is 552 g/mol. The Bertz CT molecular complexity index is 1220. The van der Waals surface area contributed by atoms with E-state index < -0.39 is 36.3 Å². The maximum absolute atomic E-state index is 13.8. The maximum atomic E-state index is 13.8. The minimum absolute atomic E-state index is 0.0428. The molecule has 2 aliphatic heterocycles. The Hall–Kier alpha value is -3.06. The molecule has 0 saturated carbocycles. The van der Waals surface area contributed by atoms with Crippen LogP contribution in [-0.2, 0) is 19.0 Å². The van der Waals surface area contributed by atoms with Crippen LogP contribution in [0.4, 0.5) is 9.18 Å². The van der Waals surface area contributed by atoms with Gasteiger partial charge in [-0.15, -0.1) is 11.3 Å². The Kier molecular flexibility index (Phi) is 8.42. The first-order valence-electron chi connectivity index (χ1n) is 11.5. The van der Waals surface area contributed by atoms with Gasteiger partial charge in [-0.1, -0.05) is 31.5 Å². The van der Waals surface area contributed by atoms with Crippen molar-refractivity contribution in [2.45, 2.75) is 32.2 Å². The molecule has 37 heavy (non-hydrogen) atoms. The second-order valence-electron chi connectivity index (χ2n) is 8.72. The third-order valence-corrected chi connectivity index (χ3v) is 7.10. The van der Waals surface area contributed by atoms with Crippen LogP contribution in [0.25, 0.3) is 0 Å². The van der Waals surface area contributed by atoms with E-state index in [1.807, 2.05) is 13.8 Å². The topological polar surface area (TPSA) is 123 Å². The number of nitrogens with one attached hydrogen (secondary N) is 1. The molecule has 4 rings (SSSR count). The number of carbonyl (C=O) groups is 2. The van der Waals surface area contributed by atoms with E-state index in [1.54, 1.807) is 16.5 Å². The smallest absolute Gasteiger partial charge is 0.466 e. The number of hydrogen-bond donors (Lipinski definition) is 2. The number of aliphatic imine (C=N–C) groups is 1. The van der Waals surface area contributed by atoms with E-state index in [9.17, 15) is 19.1 Å². The van der Waals surface area contributed by atoms with E-state index in [-0.39, 0.29) is 23.1 Å². The van der Waals surface area contributed by atoms with Crippen LogP contribution >= 0.6 is 22.9 Å². The number of halogens is 2. The molecule has 1 aromatic heterocycles. The summed E-state index contributed by atoms with van der Waals surface area (Å²) in [7, 11) is 1.25. The van der Waals surface area contributed by atoms with Gasteiger partial charge in [-0.05, 0) is 18.1 Å². The molecule has 198 valence electrons. The molecule has 0 spiro atoms. The summed E-state index contributed by atoms with van der Waals surface area (Å²) in [5.41, 5.74) is 0.954.